The Morgan fingerprint density at radius 2 is 2.00 bits per heavy atom. The van der Waals surface area contributed by atoms with E-state index in [9.17, 15) is 14.4 Å². The van der Waals surface area contributed by atoms with Crippen LogP contribution >= 0.6 is 0 Å². The fraction of sp³-hybridized carbons (Fsp3) is 0.273. The van der Waals surface area contributed by atoms with Crippen LogP contribution in [0.2, 0.25) is 0 Å². The van der Waals surface area contributed by atoms with E-state index in [2.05, 4.69) is 15.6 Å². The maximum Gasteiger partial charge on any atom is 0.261 e. The Kier molecular flexibility index (Phi) is 4.88. The Hall–Kier alpha value is -3.48. The molecule has 1 atom stereocenters. The Morgan fingerprint density at radius 1 is 1.21 bits per heavy atom. The largest absolute Gasteiger partial charge is 0.345 e. The number of fused-ring (bicyclic) bond motifs is 2. The molecular weight excluding hydrogens is 368 g/mol. The van der Waals surface area contributed by atoms with E-state index >= 15 is 0 Å². The summed E-state index contributed by atoms with van der Waals surface area (Å²) in [5.74, 6) is -0.0852. The summed E-state index contributed by atoms with van der Waals surface area (Å²) in [6.45, 7) is 4.65. The van der Waals surface area contributed by atoms with Crippen LogP contribution in [-0.4, -0.2) is 21.4 Å². The van der Waals surface area contributed by atoms with Crippen LogP contribution in [0.5, 0.6) is 0 Å². The van der Waals surface area contributed by atoms with Gasteiger partial charge in [0.25, 0.3) is 11.5 Å². The second-order valence-corrected chi connectivity index (χ2v) is 7.69. The minimum Gasteiger partial charge on any atom is -0.345 e. The molecule has 148 valence electrons. The molecule has 2 N–H and O–H groups in total. The molecule has 0 radical (unpaired) electrons. The second-order valence-electron chi connectivity index (χ2n) is 7.69. The predicted molar refractivity (Wildman–Crippen MR) is 111 cm³/mol. The molecule has 2 heterocycles. The molecule has 7 nitrogen and oxygen atoms in total. The average molecular weight is 390 g/mol. The van der Waals surface area contributed by atoms with Gasteiger partial charge in [-0.25, -0.2) is 4.98 Å². The molecular formula is C22H22N4O3. The van der Waals surface area contributed by atoms with Gasteiger partial charge in [-0.05, 0) is 35.7 Å². The minimum absolute atomic E-state index is 0.116. The maximum absolute atomic E-state index is 12.7. The number of amides is 2. The van der Waals surface area contributed by atoms with Gasteiger partial charge in [0.1, 0.15) is 0 Å². The number of nitrogens with one attached hydrogen (secondary N) is 2. The molecule has 2 amide bonds. The van der Waals surface area contributed by atoms with E-state index in [0.29, 0.717) is 34.6 Å². The summed E-state index contributed by atoms with van der Waals surface area (Å²) in [6.07, 6.45) is 1.68. The molecule has 1 aliphatic rings. The van der Waals surface area contributed by atoms with Crippen LogP contribution in [0.3, 0.4) is 0 Å². The molecule has 29 heavy (non-hydrogen) atoms. The highest BCUT2D eigenvalue weighted by atomic mass is 16.2. The molecule has 0 unspecified atom stereocenters. The molecule has 1 aliphatic heterocycles. The monoisotopic (exact) mass is 390 g/mol. The van der Waals surface area contributed by atoms with Crippen molar-refractivity contribution in [3.05, 3.63) is 70.3 Å². The molecule has 2 aromatic carbocycles. The van der Waals surface area contributed by atoms with Gasteiger partial charge in [0.2, 0.25) is 5.91 Å². The summed E-state index contributed by atoms with van der Waals surface area (Å²) in [7, 11) is 0. The van der Waals surface area contributed by atoms with Crippen molar-refractivity contribution >= 4 is 28.4 Å². The first-order valence-electron chi connectivity index (χ1n) is 9.61. The lowest BCUT2D eigenvalue weighted by atomic mass is 10.0. The molecule has 0 spiro atoms. The van der Waals surface area contributed by atoms with Crippen LogP contribution in [0.4, 0.5) is 5.69 Å². The molecule has 0 saturated heterocycles. The summed E-state index contributed by atoms with van der Waals surface area (Å²) in [5, 5.41) is 6.13. The topological polar surface area (TPSA) is 93.1 Å². The molecule has 0 bridgehead atoms. The van der Waals surface area contributed by atoms with Crippen molar-refractivity contribution in [2.24, 2.45) is 5.92 Å². The van der Waals surface area contributed by atoms with Crippen molar-refractivity contribution in [1.82, 2.24) is 14.9 Å². The summed E-state index contributed by atoms with van der Waals surface area (Å²) >= 11 is 0. The highest BCUT2D eigenvalue weighted by Gasteiger charge is 2.29. The molecule has 0 fully saturated rings. The number of anilines is 1. The van der Waals surface area contributed by atoms with Gasteiger partial charge in [-0.3, -0.25) is 19.0 Å². The first-order valence-corrected chi connectivity index (χ1v) is 9.61. The second kappa shape index (κ2) is 7.50. The van der Waals surface area contributed by atoms with Crippen molar-refractivity contribution in [1.29, 1.82) is 0 Å². The van der Waals surface area contributed by atoms with Gasteiger partial charge < -0.3 is 10.6 Å². The van der Waals surface area contributed by atoms with Gasteiger partial charge in [0, 0.05) is 17.8 Å². The first-order chi connectivity index (χ1) is 13.9. The van der Waals surface area contributed by atoms with Gasteiger partial charge in [-0.2, -0.15) is 0 Å². The van der Waals surface area contributed by atoms with Gasteiger partial charge >= 0.3 is 0 Å². The van der Waals surface area contributed by atoms with Crippen LogP contribution in [0.15, 0.2) is 53.6 Å². The van der Waals surface area contributed by atoms with E-state index in [1.165, 1.54) is 0 Å². The van der Waals surface area contributed by atoms with E-state index in [1.807, 2.05) is 26.0 Å². The highest BCUT2D eigenvalue weighted by Crippen LogP contribution is 2.28. The number of hydrogen-bond donors (Lipinski definition) is 2. The number of aromatic nitrogens is 2. The zero-order chi connectivity index (χ0) is 20.5. The van der Waals surface area contributed by atoms with Crippen molar-refractivity contribution in [3.63, 3.8) is 0 Å². The zero-order valence-corrected chi connectivity index (χ0v) is 16.3. The van der Waals surface area contributed by atoms with E-state index in [1.54, 1.807) is 41.2 Å². The number of benzene rings is 2. The molecule has 0 saturated carbocycles. The van der Waals surface area contributed by atoms with E-state index < -0.39 is 0 Å². The SMILES string of the molecule is CC(C)Cn1cnc2ccc(NC(=O)C[C@H]3NC(=O)c4ccccc43)cc2c1=O. The number of nitrogens with zero attached hydrogens (tertiary/aromatic N) is 2. The van der Waals surface area contributed by atoms with Crippen LogP contribution in [0.1, 0.15) is 42.2 Å². The summed E-state index contributed by atoms with van der Waals surface area (Å²) in [4.78, 5) is 41.6. The van der Waals surface area contributed by atoms with Gasteiger partial charge in [-0.15, -0.1) is 0 Å². The van der Waals surface area contributed by atoms with Crippen LogP contribution < -0.4 is 16.2 Å². The lowest BCUT2D eigenvalue weighted by Gasteiger charge is -2.13. The highest BCUT2D eigenvalue weighted by molar-refractivity contribution is 6.01. The van der Waals surface area contributed by atoms with Crippen LogP contribution in [0, 0.1) is 5.92 Å². The number of rotatable bonds is 5. The number of hydrogen-bond acceptors (Lipinski definition) is 4. The van der Waals surface area contributed by atoms with Crippen LogP contribution in [-0.2, 0) is 11.3 Å². The van der Waals surface area contributed by atoms with Gasteiger partial charge in [0.15, 0.2) is 0 Å². The third-order valence-corrected chi connectivity index (χ3v) is 4.95. The van der Waals surface area contributed by atoms with Crippen molar-refractivity contribution < 1.29 is 9.59 Å². The third kappa shape index (κ3) is 3.76. The Labute approximate surface area is 167 Å². The summed E-state index contributed by atoms with van der Waals surface area (Å²) in [5.41, 5.74) is 2.42. The quantitative estimate of drug-likeness (QED) is 0.701. The average Bonchev–Trinajstić information content (AvgIpc) is 3.00. The minimum atomic E-state index is -0.357. The molecule has 1 aromatic heterocycles. The lowest BCUT2D eigenvalue weighted by Crippen LogP contribution is -2.24. The van der Waals surface area contributed by atoms with E-state index in [0.717, 1.165) is 5.56 Å². The number of carbonyl (C=O) groups excluding carboxylic acids is 2. The fourth-order valence-corrected chi connectivity index (χ4v) is 3.64. The molecule has 4 rings (SSSR count). The van der Waals surface area contributed by atoms with E-state index in [-0.39, 0.29) is 29.8 Å². The predicted octanol–water partition coefficient (Wildman–Crippen LogP) is 2.87. The van der Waals surface area contributed by atoms with E-state index in [4.69, 9.17) is 0 Å². The Bertz CT molecular complexity index is 1170. The van der Waals surface area contributed by atoms with Crippen molar-refractivity contribution in [2.45, 2.75) is 32.9 Å². The van der Waals surface area contributed by atoms with Gasteiger partial charge in [0.05, 0.1) is 29.7 Å². The summed E-state index contributed by atoms with van der Waals surface area (Å²) in [6, 6.07) is 12.0. The first kappa shape index (κ1) is 18.9. The Balaban J connectivity index is 1.53. The van der Waals surface area contributed by atoms with Crippen LogP contribution in [0.25, 0.3) is 10.9 Å². The smallest absolute Gasteiger partial charge is 0.261 e. The lowest BCUT2D eigenvalue weighted by molar-refractivity contribution is -0.116. The zero-order valence-electron chi connectivity index (χ0n) is 16.3. The number of carbonyl (C=O) groups is 2. The molecule has 0 aliphatic carbocycles. The van der Waals surface area contributed by atoms with Crippen molar-refractivity contribution in [3.8, 4) is 0 Å². The Morgan fingerprint density at radius 3 is 2.79 bits per heavy atom. The normalized spacial score (nSPS) is 15.4. The maximum atomic E-state index is 12.7. The summed E-state index contributed by atoms with van der Waals surface area (Å²) < 4.78 is 1.59. The van der Waals surface area contributed by atoms with Crippen molar-refractivity contribution in [2.75, 3.05) is 5.32 Å². The standard InChI is InChI=1S/C22H22N4O3/c1-13(2)11-26-12-23-18-8-7-14(9-17(18)22(26)29)24-20(27)10-19-15-5-3-4-6-16(15)21(28)25-19/h3-9,12-13,19H,10-11H2,1-2H3,(H,24,27)(H,25,28)/t19-/m1/s1. The molecule has 7 heteroatoms. The van der Waals surface area contributed by atoms with Gasteiger partial charge in [-0.1, -0.05) is 32.0 Å². The third-order valence-electron chi connectivity index (χ3n) is 4.95. The fourth-order valence-electron chi connectivity index (χ4n) is 3.64. The molecule has 3 aromatic rings.